The van der Waals surface area contributed by atoms with Crippen LogP contribution in [0, 0.1) is 0 Å². The van der Waals surface area contributed by atoms with Crippen LogP contribution in [0.5, 0.6) is 0 Å². The van der Waals surface area contributed by atoms with Crippen LogP contribution in [-0.4, -0.2) is 23.5 Å². The van der Waals surface area contributed by atoms with Crippen LogP contribution in [0.15, 0.2) is 28.7 Å². The summed E-state index contributed by atoms with van der Waals surface area (Å²) < 4.78 is 1.02. The summed E-state index contributed by atoms with van der Waals surface area (Å²) in [6.07, 6.45) is 2.60. The number of nitrogens with one attached hydrogen (secondary N) is 1. The Balaban J connectivity index is 2.15. The Bertz CT molecular complexity index is 434. The Morgan fingerprint density at radius 3 is 2.58 bits per heavy atom. The van der Waals surface area contributed by atoms with E-state index in [2.05, 4.69) is 21.2 Å². The number of unbranched alkanes of at least 4 members (excludes halogenated alkanes) is 1. The van der Waals surface area contributed by atoms with Crippen LogP contribution in [-0.2, 0) is 16.0 Å². The van der Waals surface area contributed by atoms with Gasteiger partial charge < -0.3 is 10.4 Å². The Hall–Kier alpha value is -1.36. The highest BCUT2D eigenvalue weighted by atomic mass is 79.9. The number of carbonyl (C=O) groups excluding carboxylic acids is 1. The van der Waals surface area contributed by atoms with E-state index in [1.807, 2.05) is 24.3 Å². The normalized spacial score (nSPS) is 10.2. The summed E-state index contributed by atoms with van der Waals surface area (Å²) in [6, 6.07) is 7.84. The maximum atomic E-state index is 11.6. The van der Waals surface area contributed by atoms with Gasteiger partial charge >= 0.3 is 5.97 Å². The zero-order valence-electron chi connectivity index (χ0n) is 10.7. The highest BCUT2D eigenvalue weighted by Gasteiger charge is 2.04. The molecule has 4 nitrogen and oxygen atoms in total. The molecule has 0 spiro atoms. The van der Waals surface area contributed by atoms with E-state index < -0.39 is 5.97 Å². The average molecular weight is 328 g/mol. The lowest BCUT2D eigenvalue weighted by atomic mass is 10.1. The van der Waals surface area contributed by atoms with Crippen molar-refractivity contribution in [1.29, 1.82) is 0 Å². The Morgan fingerprint density at radius 1 is 1.16 bits per heavy atom. The number of hydrogen-bond acceptors (Lipinski definition) is 2. The molecule has 1 amide bonds. The maximum Gasteiger partial charge on any atom is 0.303 e. The molecule has 0 aliphatic rings. The minimum atomic E-state index is -0.791. The zero-order valence-corrected chi connectivity index (χ0v) is 12.3. The van der Waals surface area contributed by atoms with Crippen LogP contribution < -0.4 is 5.32 Å². The molecule has 0 heterocycles. The van der Waals surface area contributed by atoms with Crippen molar-refractivity contribution in [1.82, 2.24) is 5.32 Å². The highest BCUT2D eigenvalue weighted by Crippen LogP contribution is 2.17. The number of aryl methyl sites for hydroxylation is 1. The second-order valence-corrected chi connectivity index (χ2v) is 5.15. The van der Waals surface area contributed by atoms with E-state index in [1.165, 1.54) is 0 Å². The van der Waals surface area contributed by atoms with E-state index in [1.54, 1.807) is 0 Å². The van der Waals surface area contributed by atoms with E-state index in [0.717, 1.165) is 10.0 Å². The molecular formula is C14H18BrNO3. The molecule has 0 aromatic heterocycles. The lowest BCUT2D eigenvalue weighted by Crippen LogP contribution is -2.24. The number of carboxylic acid groups (broad SMARTS) is 1. The first-order valence-corrected chi connectivity index (χ1v) is 7.11. The van der Waals surface area contributed by atoms with Gasteiger partial charge in [0.25, 0.3) is 0 Å². The van der Waals surface area contributed by atoms with Crippen LogP contribution >= 0.6 is 15.9 Å². The Kier molecular flexibility index (Phi) is 7.18. The number of carbonyl (C=O) groups is 2. The molecule has 0 unspecified atom stereocenters. The molecule has 0 aliphatic carbocycles. The van der Waals surface area contributed by atoms with E-state index >= 15 is 0 Å². The van der Waals surface area contributed by atoms with Gasteiger partial charge in [-0.3, -0.25) is 9.59 Å². The molecule has 5 heteroatoms. The summed E-state index contributed by atoms with van der Waals surface area (Å²) >= 11 is 3.45. The summed E-state index contributed by atoms with van der Waals surface area (Å²) in [7, 11) is 0. The number of rotatable bonds is 8. The van der Waals surface area contributed by atoms with Crippen molar-refractivity contribution < 1.29 is 14.7 Å². The van der Waals surface area contributed by atoms with Gasteiger partial charge in [-0.1, -0.05) is 34.1 Å². The zero-order chi connectivity index (χ0) is 14.1. The molecule has 104 valence electrons. The van der Waals surface area contributed by atoms with E-state index in [-0.39, 0.29) is 12.3 Å². The molecule has 1 rings (SSSR count). The largest absolute Gasteiger partial charge is 0.481 e. The van der Waals surface area contributed by atoms with Gasteiger partial charge in [0.15, 0.2) is 0 Å². The molecule has 0 bridgehead atoms. The van der Waals surface area contributed by atoms with Crippen molar-refractivity contribution in [3.05, 3.63) is 34.3 Å². The number of hydrogen-bond donors (Lipinski definition) is 2. The fourth-order valence-corrected chi connectivity index (χ4v) is 2.15. The quantitative estimate of drug-likeness (QED) is 0.721. The molecule has 0 atom stereocenters. The van der Waals surface area contributed by atoms with Crippen LogP contribution in [0.3, 0.4) is 0 Å². The third-order valence-electron chi connectivity index (χ3n) is 2.72. The van der Waals surface area contributed by atoms with Crippen molar-refractivity contribution in [2.75, 3.05) is 6.54 Å². The first-order chi connectivity index (χ1) is 9.09. The molecular weight excluding hydrogens is 310 g/mol. The summed E-state index contributed by atoms with van der Waals surface area (Å²) in [5, 5.41) is 11.3. The van der Waals surface area contributed by atoms with Crippen LogP contribution in [0.25, 0.3) is 0 Å². The first-order valence-electron chi connectivity index (χ1n) is 6.31. The van der Waals surface area contributed by atoms with E-state index in [9.17, 15) is 9.59 Å². The first kappa shape index (κ1) is 15.7. The number of halogens is 1. The summed E-state index contributed by atoms with van der Waals surface area (Å²) in [4.78, 5) is 21.9. The van der Waals surface area contributed by atoms with Gasteiger partial charge in [-0.2, -0.15) is 0 Å². The molecule has 0 fully saturated rings. The molecule has 2 N–H and O–H groups in total. The SMILES string of the molecule is O=C(O)CCCCNC(=O)CCc1ccccc1Br. The fraction of sp³-hybridized carbons (Fsp3) is 0.429. The molecule has 0 radical (unpaired) electrons. The number of amides is 1. The van der Waals surface area contributed by atoms with Gasteiger partial charge in [0, 0.05) is 23.9 Å². The van der Waals surface area contributed by atoms with Crippen molar-refractivity contribution in [2.45, 2.75) is 32.1 Å². The van der Waals surface area contributed by atoms with Crippen molar-refractivity contribution in [3.8, 4) is 0 Å². The standard InChI is InChI=1S/C14H18BrNO3/c15-12-6-2-1-5-11(12)8-9-13(17)16-10-4-3-7-14(18)19/h1-2,5-6H,3-4,7-10H2,(H,16,17)(H,18,19). The number of benzene rings is 1. The third-order valence-corrected chi connectivity index (χ3v) is 3.49. The van der Waals surface area contributed by atoms with Gasteiger partial charge in [0.05, 0.1) is 0 Å². The molecule has 0 saturated heterocycles. The molecule has 0 aliphatic heterocycles. The molecule has 1 aromatic carbocycles. The maximum absolute atomic E-state index is 11.6. The van der Waals surface area contributed by atoms with Gasteiger partial charge in [-0.05, 0) is 30.9 Å². The Labute approximate surface area is 121 Å². The van der Waals surface area contributed by atoms with Crippen LogP contribution in [0.4, 0.5) is 0 Å². The van der Waals surface area contributed by atoms with Gasteiger partial charge in [-0.15, -0.1) is 0 Å². The van der Waals surface area contributed by atoms with E-state index in [0.29, 0.717) is 32.2 Å². The van der Waals surface area contributed by atoms with Crippen molar-refractivity contribution in [3.63, 3.8) is 0 Å². The minimum absolute atomic E-state index is 0.00563. The van der Waals surface area contributed by atoms with Crippen molar-refractivity contribution in [2.24, 2.45) is 0 Å². The molecule has 0 saturated carbocycles. The highest BCUT2D eigenvalue weighted by molar-refractivity contribution is 9.10. The third kappa shape index (κ3) is 6.96. The molecule has 19 heavy (non-hydrogen) atoms. The predicted molar refractivity (Wildman–Crippen MR) is 77.0 cm³/mol. The number of aliphatic carboxylic acids is 1. The van der Waals surface area contributed by atoms with Gasteiger partial charge in [-0.25, -0.2) is 0 Å². The van der Waals surface area contributed by atoms with Gasteiger partial charge in [0.1, 0.15) is 0 Å². The fourth-order valence-electron chi connectivity index (χ4n) is 1.67. The summed E-state index contributed by atoms with van der Waals surface area (Å²) in [5.41, 5.74) is 1.11. The predicted octanol–water partition coefficient (Wildman–Crippen LogP) is 2.75. The molecule has 1 aromatic rings. The van der Waals surface area contributed by atoms with Crippen LogP contribution in [0.2, 0.25) is 0 Å². The lowest BCUT2D eigenvalue weighted by molar-refractivity contribution is -0.137. The average Bonchev–Trinajstić information content (AvgIpc) is 2.37. The monoisotopic (exact) mass is 327 g/mol. The Morgan fingerprint density at radius 2 is 1.89 bits per heavy atom. The topological polar surface area (TPSA) is 66.4 Å². The van der Waals surface area contributed by atoms with Crippen molar-refractivity contribution >= 4 is 27.8 Å². The minimum Gasteiger partial charge on any atom is -0.481 e. The van der Waals surface area contributed by atoms with Gasteiger partial charge in [0.2, 0.25) is 5.91 Å². The van der Waals surface area contributed by atoms with Crippen LogP contribution in [0.1, 0.15) is 31.2 Å². The van der Waals surface area contributed by atoms with E-state index in [4.69, 9.17) is 5.11 Å². The smallest absolute Gasteiger partial charge is 0.303 e. The second-order valence-electron chi connectivity index (χ2n) is 4.29. The summed E-state index contributed by atoms with van der Waals surface area (Å²) in [5.74, 6) is -0.786. The second kappa shape index (κ2) is 8.69. The number of carboxylic acids is 1. The summed E-state index contributed by atoms with van der Waals surface area (Å²) in [6.45, 7) is 0.544. The lowest BCUT2D eigenvalue weighted by Gasteiger charge is -2.06.